The molecule has 0 amide bonds. The predicted molar refractivity (Wildman–Crippen MR) is 112 cm³/mol. The third-order valence-electron chi connectivity index (χ3n) is 4.77. The van der Waals surface area contributed by atoms with E-state index in [4.69, 9.17) is 4.74 Å². The number of nitrogens with zero attached hydrogens (tertiary/aromatic N) is 3. The van der Waals surface area contributed by atoms with Crippen molar-refractivity contribution in [3.8, 4) is 17.0 Å². The Morgan fingerprint density at radius 1 is 1.06 bits per heavy atom. The fraction of sp³-hybridized carbons (Fsp3) is 0.238. The smallest absolute Gasteiger partial charge is 0.418 e. The Bertz CT molecular complexity index is 1090. The van der Waals surface area contributed by atoms with Crippen LogP contribution in [0.3, 0.4) is 0 Å². The summed E-state index contributed by atoms with van der Waals surface area (Å²) in [5.41, 5.74) is -1.48. The number of anilines is 2. The maximum absolute atomic E-state index is 13.8. The topological polar surface area (TPSA) is 50.3 Å². The van der Waals surface area contributed by atoms with E-state index in [1.807, 2.05) is 12.1 Å². The van der Waals surface area contributed by atoms with Gasteiger partial charge in [0.25, 0.3) is 0 Å². The SMILES string of the molecule is COc1ccc(F)cc1-c1nc(NSc2cccc(N3CCC3)n2)ccc1C(F)(F)F. The van der Waals surface area contributed by atoms with E-state index in [2.05, 4.69) is 19.6 Å². The van der Waals surface area contributed by atoms with Gasteiger partial charge in [0.1, 0.15) is 28.2 Å². The molecule has 1 aliphatic heterocycles. The molecule has 31 heavy (non-hydrogen) atoms. The number of aromatic nitrogens is 2. The highest BCUT2D eigenvalue weighted by Gasteiger charge is 2.35. The third-order valence-corrected chi connectivity index (χ3v) is 5.51. The van der Waals surface area contributed by atoms with Gasteiger partial charge in [-0.25, -0.2) is 14.4 Å². The normalized spacial score (nSPS) is 13.6. The highest BCUT2D eigenvalue weighted by atomic mass is 32.2. The van der Waals surface area contributed by atoms with Crippen molar-refractivity contribution >= 4 is 23.6 Å². The first kappa shape index (κ1) is 21.2. The molecule has 5 nitrogen and oxygen atoms in total. The van der Waals surface area contributed by atoms with Crippen molar-refractivity contribution in [2.45, 2.75) is 17.6 Å². The number of pyridine rings is 2. The summed E-state index contributed by atoms with van der Waals surface area (Å²) in [7, 11) is 1.30. The maximum Gasteiger partial charge on any atom is 0.418 e. The van der Waals surface area contributed by atoms with Gasteiger partial charge in [-0.05, 0) is 48.9 Å². The van der Waals surface area contributed by atoms with Gasteiger partial charge in [-0.15, -0.1) is 0 Å². The van der Waals surface area contributed by atoms with Crippen LogP contribution in [0.5, 0.6) is 5.75 Å². The molecule has 0 spiro atoms. The number of benzene rings is 1. The number of methoxy groups -OCH3 is 1. The minimum Gasteiger partial charge on any atom is -0.496 e. The summed E-state index contributed by atoms with van der Waals surface area (Å²) >= 11 is 1.13. The Morgan fingerprint density at radius 3 is 2.55 bits per heavy atom. The van der Waals surface area contributed by atoms with Crippen molar-refractivity contribution in [1.82, 2.24) is 9.97 Å². The Labute approximate surface area is 180 Å². The zero-order chi connectivity index (χ0) is 22.0. The summed E-state index contributed by atoms with van der Waals surface area (Å²) in [6, 6.07) is 11.1. The summed E-state index contributed by atoms with van der Waals surface area (Å²) in [6.07, 6.45) is -3.54. The Kier molecular flexibility index (Phi) is 5.90. The average molecular weight is 450 g/mol. The molecule has 2 aromatic heterocycles. The number of alkyl halides is 3. The van der Waals surface area contributed by atoms with E-state index >= 15 is 0 Å². The van der Waals surface area contributed by atoms with Crippen LogP contribution < -0.4 is 14.4 Å². The lowest BCUT2D eigenvalue weighted by molar-refractivity contribution is -0.137. The molecule has 10 heteroatoms. The van der Waals surface area contributed by atoms with Crippen molar-refractivity contribution in [3.63, 3.8) is 0 Å². The lowest BCUT2D eigenvalue weighted by Gasteiger charge is -2.32. The Morgan fingerprint density at radius 2 is 1.87 bits per heavy atom. The van der Waals surface area contributed by atoms with Gasteiger partial charge in [0.05, 0.1) is 18.4 Å². The van der Waals surface area contributed by atoms with E-state index < -0.39 is 23.3 Å². The first-order chi connectivity index (χ1) is 14.8. The highest BCUT2D eigenvalue weighted by Crippen LogP contribution is 2.40. The van der Waals surface area contributed by atoms with Crippen LogP contribution in [0.25, 0.3) is 11.3 Å². The summed E-state index contributed by atoms with van der Waals surface area (Å²) < 4.78 is 62.7. The quantitative estimate of drug-likeness (QED) is 0.388. The summed E-state index contributed by atoms with van der Waals surface area (Å²) in [4.78, 5) is 10.8. The van der Waals surface area contributed by atoms with Crippen LogP contribution >= 0.6 is 11.9 Å². The molecule has 1 aromatic carbocycles. The molecule has 0 aliphatic carbocycles. The minimum absolute atomic E-state index is 0.0821. The highest BCUT2D eigenvalue weighted by molar-refractivity contribution is 8.00. The first-order valence-electron chi connectivity index (χ1n) is 9.42. The predicted octanol–water partition coefficient (Wildman–Crippen LogP) is 5.64. The summed E-state index contributed by atoms with van der Waals surface area (Å²) in [5.74, 6) is 0.428. The molecule has 0 radical (unpaired) electrons. The van der Waals surface area contributed by atoms with Gasteiger partial charge in [-0.2, -0.15) is 13.2 Å². The Hall–Kier alpha value is -3.01. The molecule has 0 saturated carbocycles. The molecule has 1 fully saturated rings. The van der Waals surface area contributed by atoms with E-state index in [1.54, 1.807) is 6.07 Å². The van der Waals surface area contributed by atoms with Crippen LogP contribution in [0, 0.1) is 5.82 Å². The molecular formula is C21H18F4N4OS. The zero-order valence-electron chi connectivity index (χ0n) is 16.4. The lowest BCUT2D eigenvalue weighted by atomic mass is 10.0. The molecule has 1 aliphatic rings. The van der Waals surface area contributed by atoms with Crippen LogP contribution in [0.15, 0.2) is 53.6 Å². The number of halogens is 4. The maximum atomic E-state index is 13.8. The van der Waals surface area contributed by atoms with E-state index in [-0.39, 0.29) is 17.1 Å². The van der Waals surface area contributed by atoms with Crippen molar-refractivity contribution in [3.05, 3.63) is 59.9 Å². The second kappa shape index (κ2) is 8.62. The van der Waals surface area contributed by atoms with E-state index in [9.17, 15) is 17.6 Å². The van der Waals surface area contributed by atoms with Gasteiger partial charge in [0.2, 0.25) is 0 Å². The van der Waals surface area contributed by atoms with E-state index in [0.29, 0.717) is 5.03 Å². The molecule has 0 unspecified atom stereocenters. The second-order valence-corrected chi connectivity index (χ2v) is 7.64. The van der Waals surface area contributed by atoms with Gasteiger partial charge < -0.3 is 14.4 Å². The summed E-state index contributed by atoms with van der Waals surface area (Å²) in [5, 5.41) is 0.649. The van der Waals surface area contributed by atoms with Gasteiger partial charge in [0.15, 0.2) is 0 Å². The van der Waals surface area contributed by atoms with Crippen molar-refractivity contribution in [2.75, 3.05) is 29.8 Å². The average Bonchev–Trinajstić information content (AvgIpc) is 2.70. The second-order valence-electron chi connectivity index (χ2n) is 6.81. The van der Waals surface area contributed by atoms with Gasteiger partial charge in [-0.3, -0.25) is 0 Å². The Balaban J connectivity index is 1.64. The molecule has 4 rings (SSSR count). The number of hydrogen-bond acceptors (Lipinski definition) is 6. The number of nitrogens with one attached hydrogen (secondary N) is 1. The van der Waals surface area contributed by atoms with Gasteiger partial charge in [0, 0.05) is 30.6 Å². The third kappa shape index (κ3) is 4.68. The zero-order valence-corrected chi connectivity index (χ0v) is 17.2. The first-order valence-corrected chi connectivity index (χ1v) is 10.2. The van der Waals surface area contributed by atoms with Crippen molar-refractivity contribution in [2.24, 2.45) is 0 Å². The molecule has 1 N–H and O–H groups in total. The lowest BCUT2D eigenvalue weighted by Crippen LogP contribution is -2.37. The number of hydrogen-bond donors (Lipinski definition) is 1. The fourth-order valence-corrected chi connectivity index (χ4v) is 3.71. The molecule has 3 aromatic rings. The molecule has 1 saturated heterocycles. The van der Waals surface area contributed by atoms with Crippen LogP contribution in [0.2, 0.25) is 0 Å². The number of rotatable bonds is 6. The molecule has 162 valence electrons. The number of ether oxygens (including phenoxy) is 1. The molecular weight excluding hydrogens is 432 g/mol. The van der Waals surface area contributed by atoms with Gasteiger partial charge in [-0.1, -0.05) is 6.07 Å². The minimum atomic E-state index is -4.67. The monoisotopic (exact) mass is 450 g/mol. The van der Waals surface area contributed by atoms with Crippen molar-refractivity contribution < 1.29 is 22.3 Å². The van der Waals surface area contributed by atoms with Crippen LogP contribution in [0.4, 0.5) is 29.2 Å². The van der Waals surface area contributed by atoms with Gasteiger partial charge >= 0.3 is 6.18 Å². The van der Waals surface area contributed by atoms with Crippen LogP contribution in [-0.4, -0.2) is 30.2 Å². The molecule has 3 heterocycles. The fourth-order valence-electron chi connectivity index (χ4n) is 3.10. The largest absolute Gasteiger partial charge is 0.496 e. The van der Waals surface area contributed by atoms with E-state index in [1.165, 1.54) is 19.2 Å². The van der Waals surface area contributed by atoms with Crippen LogP contribution in [0.1, 0.15) is 12.0 Å². The van der Waals surface area contributed by atoms with Crippen LogP contribution in [-0.2, 0) is 6.18 Å². The molecule has 0 bridgehead atoms. The molecule has 0 atom stereocenters. The standard InChI is InChI=1S/C21H18F4N4OS/c1-30-16-8-6-13(22)12-14(16)20-15(21(23,24)25)7-9-17(26-20)28-31-19-5-2-4-18(27-19)29-10-3-11-29/h2,4-9,12H,3,10-11H2,1H3,(H,26,28). The van der Waals surface area contributed by atoms with E-state index in [0.717, 1.165) is 55.5 Å². The summed E-state index contributed by atoms with van der Waals surface area (Å²) in [6.45, 7) is 1.90. The van der Waals surface area contributed by atoms with Crippen molar-refractivity contribution in [1.29, 1.82) is 0 Å².